The Kier molecular flexibility index (Phi) is 3.08. The Morgan fingerprint density at radius 3 is 3.19 bits per heavy atom. The first kappa shape index (κ1) is 10.9. The van der Waals surface area contributed by atoms with Crippen molar-refractivity contribution in [3.63, 3.8) is 0 Å². The fourth-order valence-corrected chi connectivity index (χ4v) is 1.97. The average molecular weight is 219 g/mol. The summed E-state index contributed by atoms with van der Waals surface area (Å²) < 4.78 is 0. The molecular formula is C12H17N3O. The molecule has 0 spiro atoms. The van der Waals surface area contributed by atoms with Crippen molar-refractivity contribution in [3.05, 3.63) is 23.9 Å². The molecule has 0 radical (unpaired) electrons. The monoisotopic (exact) mass is 219 g/mol. The van der Waals surface area contributed by atoms with Crippen LogP contribution in [-0.2, 0) is 0 Å². The summed E-state index contributed by atoms with van der Waals surface area (Å²) in [6.45, 7) is 2.16. The predicted octanol–water partition coefficient (Wildman–Crippen LogP) is 1.58. The van der Waals surface area contributed by atoms with Gasteiger partial charge in [0.25, 0.3) is 5.91 Å². The van der Waals surface area contributed by atoms with Crippen molar-refractivity contribution < 1.29 is 4.79 Å². The van der Waals surface area contributed by atoms with Crippen molar-refractivity contribution in [3.8, 4) is 0 Å². The molecule has 4 nitrogen and oxygen atoms in total. The second-order valence-corrected chi connectivity index (χ2v) is 4.30. The standard InChI is InChI=1S/C12H17N3O/c1-2-4-8-7-10(8)15-12(16)9-5-3-6-14-11(9)13/h3,5-6,8,10H,2,4,7H2,1H3,(H2,13,14)(H,15,16). The van der Waals surface area contributed by atoms with Gasteiger partial charge >= 0.3 is 0 Å². The number of carbonyl (C=O) groups is 1. The Labute approximate surface area is 95.3 Å². The van der Waals surface area contributed by atoms with Gasteiger partial charge in [0.15, 0.2) is 0 Å². The number of hydrogen-bond donors (Lipinski definition) is 2. The zero-order valence-electron chi connectivity index (χ0n) is 9.44. The van der Waals surface area contributed by atoms with Gasteiger partial charge < -0.3 is 11.1 Å². The SMILES string of the molecule is CCCC1CC1NC(=O)c1cccnc1N. The van der Waals surface area contributed by atoms with E-state index in [0.717, 1.165) is 6.42 Å². The highest BCUT2D eigenvalue weighted by Gasteiger charge is 2.37. The Balaban J connectivity index is 1.92. The third-order valence-electron chi connectivity index (χ3n) is 2.98. The Hall–Kier alpha value is -1.58. The molecule has 1 aromatic heterocycles. The van der Waals surface area contributed by atoms with E-state index < -0.39 is 0 Å². The van der Waals surface area contributed by atoms with Crippen molar-refractivity contribution in [2.75, 3.05) is 5.73 Å². The predicted molar refractivity (Wildman–Crippen MR) is 62.9 cm³/mol. The quantitative estimate of drug-likeness (QED) is 0.808. The number of nitrogens with two attached hydrogens (primary N) is 1. The van der Waals surface area contributed by atoms with Gasteiger partial charge in [0, 0.05) is 12.2 Å². The average Bonchev–Trinajstić information content (AvgIpc) is 2.97. The normalized spacial score (nSPS) is 22.8. The number of nitrogens with zero attached hydrogens (tertiary/aromatic N) is 1. The van der Waals surface area contributed by atoms with Crippen LogP contribution in [0, 0.1) is 5.92 Å². The maximum atomic E-state index is 11.8. The summed E-state index contributed by atoms with van der Waals surface area (Å²) in [5.41, 5.74) is 6.12. The number of carbonyl (C=O) groups excluding carboxylic acids is 1. The molecule has 0 saturated heterocycles. The van der Waals surface area contributed by atoms with Crippen LogP contribution in [0.1, 0.15) is 36.5 Å². The van der Waals surface area contributed by atoms with E-state index in [2.05, 4.69) is 17.2 Å². The first-order chi connectivity index (χ1) is 7.72. The zero-order chi connectivity index (χ0) is 11.5. The molecular weight excluding hydrogens is 202 g/mol. The molecule has 1 aliphatic rings. The molecule has 3 N–H and O–H groups in total. The van der Waals surface area contributed by atoms with Crippen LogP contribution in [0.4, 0.5) is 5.82 Å². The molecule has 0 aliphatic heterocycles. The van der Waals surface area contributed by atoms with Crippen molar-refractivity contribution in [2.24, 2.45) is 5.92 Å². The second-order valence-electron chi connectivity index (χ2n) is 4.30. The molecule has 2 unspecified atom stereocenters. The molecule has 4 heteroatoms. The Bertz CT molecular complexity index is 392. The molecule has 1 amide bonds. The van der Waals surface area contributed by atoms with Crippen LogP contribution in [0.2, 0.25) is 0 Å². The molecule has 1 aromatic rings. The van der Waals surface area contributed by atoms with Gasteiger partial charge in [-0.25, -0.2) is 4.98 Å². The molecule has 2 rings (SSSR count). The van der Waals surface area contributed by atoms with Gasteiger partial charge in [-0.1, -0.05) is 13.3 Å². The van der Waals surface area contributed by atoms with Crippen LogP contribution in [0.5, 0.6) is 0 Å². The first-order valence-electron chi connectivity index (χ1n) is 5.73. The lowest BCUT2D eigenvalue weighted by Crippen LogP contribution is -2.27. The number of hydrogen-bond acceptors (Lipinski definition) is 3. The van der Waals surface area contributed by atoms with Gasteiger partial charge in [-0.15, -0.1) is 0 Å². The highest BCUT2D eigenvalue weighted by molar-refractivity contribution is 5.98. The van der Waals surface area contributed by atoms with E-state index in [1.807, 2.05) is 0 Å². The number of anilines is 1. The molecule has 2 atom stereocenters. The fourth-order valence-electron chi connectivity index (χ4n) is 1.97. The van der Waals surface area contributed by atoms with Crippen molar-refractivity contribution >= 4 is 11.7 Å². The van der Waals surface area contributed by atoms with E-state index in [-0.39, 0.29) is 5.91 Å². The minimum absolute atomic E-state index is 0.103. The summed E-state index contributed by atoms with van der Waals surface area (Å²) in [6.07, 6.45) is 5.04. The van der Waals surface area contributed by atoms with Crippen LogP contribution in [0.3, 0.4) is 0 Å². The van der Waals surface area contributed by atoms with Crippen LogP contribution < -0.4 is 11.1 Å². The minimum atomic E-state index is -0.103. The highest BCUT2D eigenvalue weighted by atomic mass is 16.1. The summed E-state index contributed by atoms with van der Waals surface area (Å²) >= 11 is 0. The third-order valence-corrected chi connectivity index (χ3v) is 2.98. The van der Waals surface area contributed by atoms with E-state index in [1.165, 1.54) is 12.8 Å². The number of nitrogen functional groups attached to an aromatic ring is 1. The summed E-state index contributed by atoms with van der Waals surface area (Å²) in [5.74, 6) is 0.855. The molecule has 1 heterocycles. The molecule has 1 aliphatic carbocycles. The smallest absolute Gasteiger partial charge is 0.255 e. The molecule has 86 valence electrons. The molecule has 16 heavy (non-hydrogen) atoms. The summed E-state index contributed by atoms with van der Waals surface area (Å²) in [4.78, 5) is 15.7. The van der Waals surface area contributed by atoms with Crippen LogP contribution in [0.15, 0.2) is 18.3 Å². The van der Waals surface area contributed by atoms with Gasteiger partial charge in [0.05, 0.1) is 5.56 Å². The van der Waals surface area contributed by atoms with E-state index in [1.54, 1.807) is 18.3 Å². The fraction of sp³-hybridized carbons (Fsp3) is 0.500. The summed E-state index contributed by atoms with van der Waals surface area (Å²) in [5, 5.41) is 2.99. The summed E-state index contributed by atoms with van der Waals surface area (Å²) in [7, 11) is 0. The van der Waals surface area contributed by atoms with Crippen molar-refractivity contribution in [2.45, 2.75) is 32.2 Å². The zero-order valence-corrected chi connectivity index (χ0v) is 9.44. The van der Waals surface area contributed by atoms with Crippen LogP contribution >= 0.6 is 0 Å². The molecule has 0 bridgehead atoms. The van der Waals surface area contributed by atoms with Gasteiger partial charge in [0.2, 0.25) is 0 Å². The number of rotatable bonds is 4. The summed E-state index contributed by atoms with van der Waals surface area (Å²) in [6, 6.07) is 3.77. The maximum Gasteiger partial charge on any atom is 0.255 e. The Morgan fingerprint density at radius 1 is 1.69 bits per heavy atom. The first-order valence-corrected chi connectivity index (χ1v) is 5.73. The minimum Gasteiger partial charge on any atom is -0.383 e. The van der Waals surface area contributed by atoms with Crippen molar-refractivity contribution in [1.29, 1.82) is 0 Å². The van der Waals surface area contributed by atoms with E-state index in [0.29, 0.717) is 23.3 Å². The number of nitrogens with one attached hydrogen (secondary N) is 1. The number of aromatic nitrogens is 1. The lowest BCUT2D eigenvalue weighted by atomic mass is 10.2. The van der Waals surface area contributed by atoms with Gasteiger partial charge in [-0.2, -0.15) is 0 Å². The lowest BCUT2D eigenvalue weighted by Gasteiger charge is -2.05. The third kappa shape index (κ3) is 2.32. The molecule has 1 fully saturated rings. The van der Waals surface area contributed by atoms with E-state index >= 15 is 0 Å². The van der Waals surface area contributed by atoms with Crippen LogP contribution in [-0.4, -0.2) is 16.9 Å². The Morgan fingerprint density at radius 2 is 2.50 bits per heavy atom. The molecule has 0 aromatic carbocycles. The number of pyridine rings is 1. The van der Waals surface area contributed by atoms with E-state index in [4.69, 9.17) is 5.73 Å². The number of amides is 1. The van der Waals surface area contributed by atoms with Gasteiger partial charge in [-0.05, 0) is 30.9 Å². The van der Waals surface area contributed by atoms with Crippen LogP contribution in [0.25, 0.3) is 0 Å². The lowest BCUT2D eigenvalue weighted by molar-refractivity contribution is 0.0949. The van der Waals surface area contributed by atoms with Gasteiger partial charge in [0.1, 0.15) is 5.82 Å². The highest BCUT2D eigenvalue weighted by Crippen LogP contribution is 2.34. The van der Waals surface area contributed by atoms with Crippen molar-refractivity contribution in [1.82, 2.24) is 10.3 Å². The second kappa shape index (κ2) is 4.51. The molecule has 1 saturated carbocycles. The maximum absolute atomic E-state index is 11.8. The van der Waals surface area contributed by atoms with E-state index in [9.17, 15) is 4.79 Å². The largest absolute Gasteiger partial charge is 0.383 e. The van der Waals surface area contributed by atoms with Gasteiger partial charge in [-0.3, -0.25) is 4.79 Å². The topological polar surface area (TPSA) is 68.0 Å².